The summed E-state index contributed by atoms with van der Waals surface area (Å²) in [7, 11) is 0. The molecule has 4 heteroatoms. The molecule has 1 atom stereocenters. The Hall–Kier alpha value is -2.62. The van der Waals surface area contributed by atoms with Crippen molar-refractivity contribution in [3.05, 3.63) is 59.2 Å². The summed E-state index contributed by atoms with van der Waals surface area (Å²) in [6.45, 7) is 5.93. The summed E-state index contributed by atoms with van der Waals surface area (Å²) < 4.78 is 0. The highest BCUT2D eigenvalue weighted by Gasteiger charge is 2.31. The lowest BCUT2D eigenvalue weighted by molar-refractivity contribution is -0.125. The highest BCUT2D eigenvalue weighted by atomic mass is 16.2. The van der Waals surface area contributed by atoms with Crippen LogP contribution < -0.4 is 10.2 Å². The summed E-state index contributed by atoms with van der Waals surface area (Å²) in [5.74, 6) is -0.430. The van der Waals surface area contributed by atoms with Gasteiger partial charge in [-0.2, -0.15) is 0 Å². The van der Waals surface area contributed by atoms with Crippen molar-refractivity contribution in [3.63, 3.8) is 0 Å². The molecule has 1 N–H and O–H groups in total. The van der Waals surface area contributed by atoms with Crippen LogP contribution in [0.2, 0.25) is 0 Å². The number of amides is 2. The third-order valence-electron chi connectivity index (χ3n) is 4.45. The van der Waals surface area contributed by atoms with Gasteiger partial charge in [0.2, 0.25) is 11.8 Å². The van der Waals surface area contributed by atoms with E-state index in [2.05, 4.69) is 5.32 Å². The summed E-state index contributed by atoms with van der Waals surface area (Å²) in [5.41, 5.74) is 4.91. The van der Waals surface area contributed by atoms with E-state index in [0.29, 0.717) is 0 Å². The van der Waals surface area contributed by atoms with Gasteiger partial charge in [-0.05, 0) is 56.0 Å². The second-order valence-electron chi connectivity index (χ2n) is 6.49. The standard InChI is InChI=1S/C20H22N2O2/c1-13-8-9-14(2)17(10-13)21-19(23)12-20(24)22-15(3)11-16-6-4-5-7-18(16)22/h4-10,15H,11-12H2,1-3H3,(H,21,23). The molecule has 0 bridgehead atoms. The first kappa shape index (κ1) is 16.2. The van der Waals surface area contributed by atoms with Crippen molar-refractivity contribution in [3.8, 4) is 0 Å². The molecule has 0 fully saturated rings. The molecule has 0 saturated carbocycles. The van der Waals surface area contributed by atoms with Gasteiger partial charge in [-0.25, -0.2) is 0 Å². The van der Waals surface area contributed by atoms with Crippen molar-refractivity contribution in [2.75, 3.05) is 10.2 Å². The van der Waals surface area contributed by atoms with Gasteiger partial charge >= 0.3 is 0 Å². The van der Waals surface area contributed by atoms with Gasteiger partial charge in [0.05, 0.1) is 0 Å². The summed E-state index contributed by atoms with van der Waals surface area (Å²) >= 11 is 0. The van der Waals surface area contributed by atoms with Crippen LogP contribution in [-0.2, 0) is 16.0 Å². The smallest absolute Gasteiger partial charge is 0.236 e. The number of nitrogens with zero attached hydrogens (tertiary/aromatic N) is 1. The van der Waals surface area contributed by atoms with Gasteiger partial charge in [-0.1, -0.05) is 30.3 Å². The first-order chi connectivity index (χ1) is 11.5. The van der Waals surface area contributed by atoms with Gasteiger partial charge in [-0.3, -0.25) is 9.59 Å². The predicted octanol–water partition coefficient (Wildman–Crippen LogP) is 3.61. The quantitative estimate of drug-likeness (QED) is 0.878. The lowest BCUT2D eigenvalue weighted by Crippen LogP contribution is -2.37. The minimum Gasteiger partial charge on any atom is -0.325 e. The molecular weight excluding hydrogens is 300 g/mol. The molecule has 3 rings (SSSR count). The number of hydrogen-bond acceptors (Lipinski definition) is 2. The minimum atomic E-state index is -0.273. The molecule has 24 heavy (non-hydrogen) atoms. The van der Waals surface area contributed by atoms with Crippen LogP contribution in [0, 0.1) is 13.8 Å². The van der Waals surface area contributed by atoms with Crippen LogP contribution in [0.25, 0.3) is 0 Å². The van der Waals surface area contributed by atoms with E-state index < -0.39 is 0 Å². The van der Waals surface area contributed by atoms with E-state index in [1.165, 1.54) is 0 Å². The molecule has 2 aromatic rings. The molecule has 1 unspecified atom stereocenters. The molecular formula is C20H22N2O2. The van der Waals surface area contributed by atoms with Crippen LogP contribution >= 0.6 is 0 Å². The number of para-hydroxylation sites is 1. The van der Waals surface area contributed by atoms with E-state index in [0.717, 1.165) is 34.5 Å². The van der Waals surface area contributed by atoms with Gasteiger partial charge in [0.15, 0.2) is 0 Å². The van der Waals surface area contributed by atoms with Crippen molar-refractivity contribution >= 4 is 23.2 Å². The fourth-order valence-electron chi connectivity index (χ4n) is 3.23. The Bertz CT molecular complexity index is 798. The fraction of sp³-hybridized carbons (Fsp3) is 0.300. The van der Waals surface area contributed by atoms with E-state index >= 15 is 0 Å². The van der Waals surface area contributed by atoms with Crippen molar-refractivity contribution in [2.24, 2.45) is 0 Å². The highest BCUT2D eigenvalue weighted by Crippen LogP contribution is 2.32. The van der Waals surface area contributed by atoms with E-state index in [1.807, 2.05) is 63.2 Å². The Labute approximate surface area is 142 Å². The third-order valence-corrected chi connectivity index (χ3v) is 4.45. The van der Waals surface area contributed by atoms with E-state index in [9.17, 15) is 9.59 Å². The van der Waals surface area contributed by atoms with E-state index in [1.54, 1.807) is 4.90 Å². The second kappa shape index (κ2) is 6.48. The number of fused-ring (bicyclic) bond motifs is 1. The number of hydrogen-bond donors (Lipinski definition) is 1. The monoisotopic (exact) mass is 322 g/mol. The summed E-state index contributed by atoms with van der Waals surface area (Å²) in [4.78, 5) is 26.7. The summed E-state index contributed by atoms with van der Waals surface area (Å²) in [6, 6.07) is 13.9. The first-order valence-electron chi connectivity index (χ1n) is 8.23. The lowest BCUT2D eigenvalue weighted by atomic mass is 10.1. The predicted molar refractivity (Wildman–Crippen MR) is 96.3 cm³/mol. The zero-order valence-electron chi connectivity index (χ0n) is 14.3. The maximum atomic E-state index is 12.6. The van der Waals surface area contributed by atoms with Crippen LogP contribution in [0.1, 0.15) is 30.0 Å². The molecule has 0 aliphatic carbocycles. The van der Waals surface area contributed by atoms with E-state index in [4.69, 9.17) is 0 Å². The molecule has 124 valence electrons. The maximum Gasteiger partial charge on any atom is 0.236 e. The van der Waals surface area contributed by atoms with Crippen molar-refractivity contribution in [1.29, 1.82) is 0 Å². The molecule has 4 nitrogen and oxygen atoms in total. The Morgan fingerprint density at radius 2 is 1.92 bits per heavy atom. The van der Waals surface area contributed by atoms with Crippen molar-refractivity contribution < 1.29 is 9.59 Å². The average molecular weight is 322 g/mol. The van der Waals surface area contributed by atoms with Gasteiger partial charge in [0.25, 0.3) is 0 Å². The number of carbonyl (C=O) groups excluding carboxylic acids is 2. The Kier molecular flexibility index (Phi) is 4.38. The number of aryl methyl sites for hydroxylation is 2. The van der Waals surface area contributed by atoms with Gasteiger partial charge in [0.1, 0.15) is 6.42 Å². The van der Waals surface area contributed by atoms with Gasteiger partial charge < -0.3 is 10.2 Å². The Morgan fingerprint density at radius 1 is 1.17 bits per heavy atom. The van der Waals surface area contributed by atoms with Crippen molar-refractivity contribution in [1.82, 2.24) is 0 Å². The zero-order chi connectivity index (χ0) is 17.3. The number of carbonyl (C=O) groups is 2. The number of nitrogens with one attached hydrogen (secondary N) is 1. The first-order valence-corrected chi connectivity index (χ1v) is 8.23. The van der Waals surface area contributed by atoms with Gasteiger partial charge in [-0.15, -0.1) is 0 Å². The number of benzene rings is 2. The average Bonchev–Trinajstić information content (AvgIpc) is 2.86. The Balaban J connectivity index is 1.71. The molecule has 1 aliphatic rings. The molecule has 0 radical (unpaired) electrons. The molecule has 0 spiro atoms. The van der Waals surface area contributed by atoms with Crippen LogP contribution in [0.4, 0.5) is 11.4 Å². The third kappa shape index (κ3) is 3.18. The van der Waals surface area contributed by atoms with Gasteiger partial charge in [0, 0.05) is 17.4 Å². The normalized spacial score (nSPS) is 16.0. The Morgan fingerprint density at radius 3 is 2.71 bits per heavy atom. The van der Waals surface area contributed by atoms with E-state index in [-0.39, 0.29) is 24.3 Å². The van der Waals surface area contributed by atoms with Crippen LogP contribution in [0.15, 0.2) is 42.5 Å². The zero-order valence-corrected chi connectivity index (χ0v) is 14.3. The SMILES string of the molecule is Cc1ccc(C)c(NC(=O)CC(=O)N2c3ccccc3CC2C)c1. The second-order valence-corrected chi connectivity index (χ2v) is 6.49. The summed E-state index contributed by atoms with van der Waals surface area (Å²) in [6.07, 6.45) is 0.687. The number of anilines is 2. The number of rotatable bonds is 3. The van der Waals surface area contributed by atoms with Crippen LogP contribution in [-0.4, -0.2) is 17.9 Å². The molecule has 0 aromatic heterocycles. The molecule has 2 aromatic carbocycles. The molecule has 1 aliphatic heterocycles. The maximum absolute atomic E-state index is 12.6. The lowest BCUT2D eigenvalue weighted by Gasteiger charge is -2.22. The summed E-state index contributed by atoms with van der Waals surface area (Å²) in [5, 5.41) is 2.86. The highest BCUT2D eigenvalue weighted by molar-refractivity contribution is 6.10. The fourth-order valence-corrected chi connectivity index (χ4v) is 3.23. The molecule has 2 amide bonds. The van der Waals surface area contributed by atoms with Crippen LogP contribution in [0.3, 0.4) is 0 Å². The molecule has 0 saturated heterocycles. The topological polar surface area (TPSA) is 49.4 Å². The van der Waals surface area contributed by atoms with Crippen LogP contribution in [0.5, 0.6) is 0 Å². The largest absolute Gasteiger partial charge is 0.325 e. The van der Waals surface area contributed by atoms with Crippen molar-refractivity contribution in [2.45, 2.75) is 39.7 Å². The minimum absolute atomic E-state index is 0.0865. The molecule has 1 heterocycles.